The smallest absolute Gasteiger partial charge is 0.351 e. The second-order valence-electron chi connectivity index (χ2n) is 10.5. The summed E-state index contributed by atoms with van der Waals surface area (Å²) in [5.41, 5.74) is -0.442. The third-order valence-electron chi connectivity index (χ3n) is 8.13. The number of carboxylic acid groups (broad SMARTS) is 2. The number of fused-ring (bicyclic) bond motifs is 1. The zero-order valence-electron chi connectivity index (χ0n) is 20.4. The molecule has 0 saturated heterocycles. The van der Waals surface area contributed by atoms with Gasteiger partial charge in [0.05, 0.1) is 25.9 Å². The molecule has 3 N–H and O–H groups in total. The summed E-state index contributed by atoms with van der Waals surface area (Å²) in [5.74, 6) is -1.94. The van der Waals surface area contributed by atoms with Crippen LogP contribution in [0.3, 0.4) is 0 Å². The summed E-state index contributed by atoms with van der Waals surface area (Å²) >= 11 is 0. The van der Waals surface area contributed by atoms with E-state index in [1.54, 1.807) is 6.21 Å². The Balaban J connectivity index is 0.000000569. The van der Waals surface area contributed by atoms with Gasteiger partial charge in [0, 0.05) is 5.41 Å². The predicted octanol–water partition coefficient (Wildman–Crippen LogP) is 1.04. The molecule has 0 aromatic carbocycles. The van der Waals surface area contributed by atoms with E-state index >= 15 is 0 Å². The van der Waals surface area contributed by atoms with Crippen LogP contribution in [-0.4, -0.2) is 61.2 Å². The topological polar surface area (TPSA) is 124 Å². The molecule has 33 heavy (non-hydrogen) atoms. The predicted molar refractivity (Wildman–Crippen MR) is 124 cm³/mol. The molecule has 8 heteroatoms. The molecular formula is C25H42N2O6. The fourth-order valence-electron chi connectivity index (χ4n) is 6.00. The van der Waals surface area contributed by atoms with Gasteiger partial charge in [-0.15, -0.1) is 0 Å². The molecule has 3 rings (SSSR count). The normalized spacial score (nSPS) is 32.5. The van der Waals surface area contributed by atoms with Crippen LogP contribution in [0.15, 0.2) is 17.3 Å². The SMILES string of the molecule is C[NH+](C)CCO/N=C/C=C/[C@H]1CC[C@]2(O)C[C@@H](C3CCCCC3)CC[C@]12C.O=C([O-])C(=O)O. The average molecular weight is 467 g/mol. The number of hydrogen-bond acceptors (Lipinski definition) is 6. The summed E-state index contributed by atoms with van der Waals surface area (Å²) in [5, 5.41) is 31.9. The first-order chi connectivity index (χ1) is 15.6. The number of carboxylic acids is 2. The highest BCUT2D eigenvalue weighted by molar-refractivity contribution is 6.26. The molecule has 0 unspecified atom stereocenters. The standard InChI is InChI=1S/C23H40N2O2.C2H2O4/c1-22-13-11-20(19-8-5-4-6-9-19)18-23(22,26)14-12-21(22)10-7-15-24-27-17-16-25(2)3;3-1(4)2(5)6/h7,10,15,19-21,26H,4-6,8-9,11-14,16-18H2,1-3H3;(H,3,4)(H,5,6)/b10-7+,24-15+;/t20-,21-,22+,23-;/m0./s1. The Morgan fingerprint density at radius 1 is 1.12 bits per heavy atom. The van der Waals surface area contributed by atoms with E-state index in [4.69, 9.17) is 24.6 Å². The number of nitrogens with zero attached hydrogens (tertiary/aromatic N) is 1. The second kappa shape index (κ2) is 12.5. The van der Waals surface area contributed by atoms with Crippen molar-refractivity contribution >= 4 is 18.2 Å². The Hall–Kier alpha value is -1.93. The van der Waals surface area contributed by atoms with Crippen molar-refractivity contribution in [1.29, 1.82) is 0 Å². The number of nitrogens with one attached hydrogen (secondary N) is 1. The number of quaternary nitrogens is 1. The molecule has 0 aliphatic heterocycles. The summed E-state index contributed by atoms with van der Waals surface area (Å²) in [6.45, 7) is 3.94. The third-order valence-corrected chi connectivity index (χ3v) is 8.13. The van der Waals surface area contributed by atoms with Crippen molar-refractivity contribution in [2.75, 3.05) is 27.2 Å². The fourth-order valence-corrected chi connectivity index (χ4v) is 6.00. The van der Waals surface area contributed by atoms with Crippen molar-refractivity contribution < 1.29 is 34.6 Å². The number of carbonyl (C=O) groups is 2. The minimum atomic E-state index is -2.07. The van der Waals surface area contributed by atoms with Gasteiger partial charge < -0.3 is 29.9 Å². The van der Waals surface area contributed by atoms with Crippen molar-refractivity contribution in [2.45, 2.75) is 76.7 Å². The Morgan fingerprint density at radius 2 is 1.79 bits per heavy atom. The van der Waals surface area contributed by atoms with Gasteiger partial charge in [-0.25, -0.2) is 4.79 Å². The number of rotatable bonds is 7. The van der Waals surface area contributed by atoms with Crippen LogP contribution in [0.5, 0.6) is 0 Å². The molecule has 3 aliphatic carbocycles. The molecule has 0 heterocycles. The van der Waals surface area contributed by atoms with Crippen molar-refractivity contribution in [2.24, 2.45) is 28.3 Å². The zero-order chi connectivity index (χ0) is 24.5. The summed E-state index contributed by atoms with van der Waals surface area (Å²) in [7, 11) is 4.22. The van der Waals surface area contributed by atoms with Gasteiger partial charge in [0.2, 0.25) is 0 Å². The minimum absolute atomic E-state index is 0.0254. The Labute approximate surface area is 197 Å². The summed E-state index contributed by atoms with van der Waals surface area (Å²) in [6, 6.07) is 0. The van der Waals surface area contributed by atoms with Crippen molar-refractivity contribution in [3.63, 3.8) is 0 Å². The highest BCUT2D eigenvalue weighted by Gasteiger charge is 2.58. The number of oxime groups is 1. The number of hydrogen-bond donors (Lipinski definition) is 3. The van der Waals surface area contributed by atoms with Crippen LogP contribution >= 0.6 is 0 Å². The summed E-state index contributed by atoms with van der Waals surface area (Å²) in [4.78, 5) is 24.7. The van der Waals surface area contributed by atoms with Gasteiger partial charge in [0.25, 0.3) is 0 Å². The molecule has 0 aromatic heterocycles. The second-order valence-corrected chi connectivity index (χ2v) is 10.5. The van der Waals surface area contributed by atoms with Crippen LogP contribution in [0.1, 0.15) is 71.1 Å². The molecule has 0 bridgehead atoms. The quantitative estimate of drug-likeness (QED) is 0.223. The maximum absolute atomic E-state index is 11.6. The number of carbonyl (C=O) groups excluding carboxylic acids is 1. The van der Waals surface area contributed by atoms with Crippen molar-refractivity contribution in [3.05, 3.63) is 12.2 Å². The average Bonchev–Trinajstić information content (AvgIpc) is 3.04. The van der Waals surface area contributed by atoms with Gasteiger partial charge in [-0.1, -0.05) is 50.3 Å². The van der Waals surface area contributed by atoms with E-state index in [1.165, 1.54) is 49.8 Å². The van der Waals surface area contributed by atoms with Crippen molar-refractivity contribution in [1.82, 2.24) is 0 Å². The molecular weight excluding hydrogens is 424 g/mol. The maximum Gasteiger partial charge on any atom is 0.351 e. The lowest BCUT2D eigenvalue weighted by Crippen LogP contribution is -3.06. The summed E-state index contributed by atoms with van der Waals surface area (Å²) in [6.07, 6.45) is 18.6. The van der Waals surface area contributed by atoms with E-state index in [0.717, 1.165) is 37.6 Å². The van der Waals surface area contributed by atoms with E-state index in [-0.39, 0.29) is 5.41 Å². The molecule has 3 saturated carbocycles. The molecule has 8 nitrogen and oxygen atoms in total. The molecule has 3 fully saturated rings. The van der Waals surface area contributed by atoms with Crippen LogP contribution < -0.4 is 10.0 Å². The molecule has 0 spiro atoms. The Morgan fingerprint density at radius 3 is 2.39 bits per heavy atom. The Kier molecular flexibility index (Phi) is 10.4. The fraction of sp³-hybridized carbons (Fsp3) is 0.800. The lowest BCUT2D eigenvalue weighted by molar-refractivity contribution is -0.858. The number of likely N-dealkylation sites (N-methyl/N-ethyl adjacent to an activating group) is 1. The van der Waals surface area contributed by atoms with Crippen LogP contribution in [0.2, 0.25) is 0 Å². The number of aliphatic carboxylic acids is 2. The zero-order valence-corrected chi connectivity index (χ0v) is 20.4. The van der Waals surface area contributed by atoms with E-state index in [9.17, 15) is 5.11 Å². The molecule has 188 valence electrons. The molecule has 0 aromatic rings. The van der Waals surface area contributed by atoms with Gasteiger partial charge in [0.15, 0.2) is 12.6 Å². The minimum Gasteiger partial charge on any atom is -0.539 e. The van der Waals surface area contributed by atoms with Gasteiger partial charge in [-0.05, 0) is 55.9 Å². The molecule has 3 aliphatic rings. The van der Waals surface area contributed by atoms with E-state index < -0.39 is 17.5 Å². The Bertz CT molecular complexity index is 691. The van der Waals surface area contributed by atoms with Crippen LogP contribution in [0, 0.1) is 23.2 Å². The maximum atomic E-state index is 11.6. The monoisotopic (exact) mass is 466 g/mol. The van der Waals surface area contributed by atoms with Crippen LogP contribution in [-0.2, 0) is 14.4 Å². The first kappa shape index (κ1) is 27.3. The van der Waals surface area contributed by atoms with Gasteiger partial charge >= 0.3 is 5.97 Å². The highest BCUT2D eigenvalue weighted by atomic mass is 16.6. The van der Waals surface area contributed by atoms with E-state index in [2.05, 4.69) is 32.3 Å². The lowest BCUT2D eigenvalue weighted by atomic mass is 9.57. The van der Waals surface area contributed by atoms with Gasteiger partial charge in [-0.2, -0.15) is 0 Å². The highest BCUT2D eigenvalue weighted by Crippen LogP contribution is 2.61. The van der Waals surface area contributed by atoms with Crippen LogP contribution in [0.25, 0.3) is 0 Å². The first-order valence-corrected chi connectivity index (χ1v) is 12.4. The van der Waals surface area contributed by atoms with E-state index in [1.807, 2.05) is 6.08 Å². The first-order valence-electron chi connectivity index (χ1n) is 12.4. The number of aliphatic hydroxyl groups is 1. The molecule has 0 radical (unpaired) electrons. The third kappa shape index (κ3) is 7.54. The largest absolute Gasteiger partial charge is 0.539 e. The summed E-state index contributed by atoms with van der Waals surface area (Å²) < 4.78 is 0. The van der Waals surface area contributed by atoms with E-state index in [0.29, 0.717) is 12.5 Å². The van der Waals surface area contributed by atoms with Gasteiger partial charge in [-0.3, -0.25) is 0 Å². The lowest BCUT2D eigenvalue weighted by Gasteiger charge is -2.51. The van der Waals surface area contributed by atoms with Crippen molar-refractivity contribution in [3.8, 4) is 0 Å². The molecule has 4 atom stereocenters. The molecule has 0 amide bonds. The van der Waals surface area contributed by atoms with Crippen LogP contribution in [0.4, 0.5) is 0 Å². The number of allylic oxidation sites excluding steroid dienone is 2. The van der Waals surface area contributed by atoms with Gasteiger partial charge in [0.1, 0.15) is 6.54 Å².